The van der Waals surface area contributed by atoms with Crippen LogP contribution in [0.4, 0.5) is 0 Å². The molecule has 1 atom stereocenters. The molecule has 1 aromatic rings. The molecular formula is C11H18N2O2. The van der Waals surface area contributed by atoms with Gasteiger partial charge in [0.05, 0.1) is 0 Å². The molecule has 0 saturated heterocycles. The summed E-state index contributed by atoms with van der Waals surface area (Å²) >= 11 is 0. The first-order chi connectivity index (χ1) is 7.15. The molecule has 0 radical (unpaired) electrons. The van der Waals surface area contributed by atoms with Crippen molar-refractivity contribution in [1.29, 1.82) is 0 Å². The van der Waals surface area contributed by atoms with E-state index in [2.05, 4.69) is 23.8 Å². The van der Waals surface area contributed by atoms with E-state index in [1.165, 1.54) is 6.07 Å². The van der Waals surface area contributed by atoms with Crippen molar-refractivity contribution in [3.63, 3.8) is 0 Å². The van der Waals surface area contributed by atoms with Crippen LogP contribution in [0.3, 0.4) is 0 Å². The van der Waals surface area contributed by atoms with Gasteiger partial charge in [-0.1, -0.05) is 33.1 Å². The first kappa shape index (κ1) is 11.8. The van der Waals surface area contributed by atoms with Gasteiger partial charge >= 0.3 is 5.69 Å². The van der Waals surface area contributed by atoms with Crippen LogP contribution in [0, 0.1) is 5.92 Å². The highest BCUT2D eigenvalue weighted by Gasteiger charge is 2.07. The topological polar surface area (TPSA) is 65.7 Å². The molecule has 0 aliphatic carbocycles. The lowest BCUT2D eigenvalue weighted by Crippen LogP contribution is -2.24. The Morgan fingerprint density at radius 1 is 1.27 bits per heavy atom. The standard InChI is InChI=1S/C11H18N2O2/c1-3-5-8(4-2)6-9-7-10(14)13-11(15)12-9/h7-8H,3-6H2,1-2H3,(H2,12,13,14,15). The van der Waals surface area contributed by atoms with Gasteiger partial charge in [-0.15, -0.1) is 0 Å². The Morgan fingerprint density at radius 2 is 2.00 bits per heavy atom. The maximum atomic E-state index is 11.1. The Labute approximate surface area is 88.7 Å². The number of hydrogen-bond donors (Lipinski definition) is 2. The summed E-state index contributed by atoms with van der Waals surface area (Å²) in [5.74, 6) is 0.549. The van der Waals surface area contributed by atoms with Crippen molar-refractivity contribution in [3.05, 3.63) is 32.6 Å². The highest BCUT2D eigenvalue weighted by Crippen LogP contribution is 2.14. The first-order valence-electron chi connectivity index (χ1n) is 5.48. The zero-order chi connectivity index (χ0) is 11.3. The number of H-pyrrole nitrogens is 2. The number of rotatable bonds is 5. The molecule has 1 rings (SSSR count). The molecule has 0 aliphatic rings. The summed E-state index contributed by atoms with van der Waals surface area (Å²) in [6.07, 6.45) is 4.11. The van der Waals surface area contributed by atoms with Gasteiger partial charge in [-0.05, 0) is 12.3 Å². The molecule has 0 amide bonds. The van der Waals surface area contributed by atoms with Crippen molar-refractivity contribution in [3.8, 4) is 0 Å². The number of nitrogens with one attached hydrogen (secondary N) is 2. The summed E-state index contributed by atoms with van der Waals surface area (Å²) in [6, 6.07) is 1.47. The predicted molar refractivity (Wildman–Crippen MR) is 60.1 cm³/mol. The van der Waals surface area contributed by atoms with Crippen molar-refractivity contribution >= 4 is 0 Å². The summed E-state index contributed by atoms with van der Waals surface area (Å²) in [4.78, 5) is 26.9. The minimum atomic E-state index is -0.413. The summed E-state index contributed by atoms with van der Waals surface area (Å²) < 4.78 is 0. The maximum absolute atomic E-state index is 11.1. The SMILES string of the molecule is CCCC(CC)Cc1cc(=O)[nH]c(=O)[nH]1. The third-order valence-electron chi connectivity index (χ3n) is 2.60. The first-order valence-corrected chi connectivity index (χ1v) is 5.48. The fourth-order valence-corrected chi connectivity index (χ4v) is 1.80. The van der Waals surface area contributed by atoms with Gasteiger partial charge in [-0.2, -0.15) is 0 Å². The monoisotopic (exact) mass is 210 g/mol. The van der Waals surface area contributed by atoms with Crippen LogP contribution < -0.4 is 11.2 Å². The molecule has 4 heteroatoms. The molecule has 0 saturated carbocycles. The molecule has 1 heterocycles. The average Bonchev–Trinajstić information content (AvgIpc) is 2.15. The molecule has 0 aromatic carbocycles. The highest BCUT2D eigenvalue weighted by molar-refractivity contribution is 4.99. The molecular weight excluding hydrogens is 192 g/mol. The van der Waals surface area contributed by atoms with Crippen LogP contribution in [0.1, 0.15) is 38.8 Å². The normalized spacial score (nSPS) is 12.7. The molecule has 1 aromatic heterocycles. The third-order valence-corrected chi connectivity index (χ3v) is 2.60. The van der Waals surface area contributed by atoms with E-state index in [9.17, 15) is 9.59 Å². The van der Waals surface area contributed by atoms with Gasteiger partial charge in [0.2, 0.25) is 0 Å². The second kappa shape index (κ2) is 5.53. The Balaban J connectivity index is 2.78. The van der Waals surface area contributed by atoms with E-state index in [0.717, 1.165) is 31.4 Å². The molecule has 0 bridgehead atoms. The van der Waals surface area contributed by atoms with E-state index in [1.807, 2.05) is 0 Å². The van der Waals surface area contributed by atoms with E-state index >= 15 is 0 Å². The van der Waals surface area contributed by atoms with Crippen LogP contribution in [0.25, 0.3) is 0 Å². The number of aromatic nitrogens is 2. The quantitative estimate of drug-likeness (QED) is 0.772. The Bertz CT molecular complexity index is 377. The fourth-order valence-electron chi connectivity index (χ4n) is 1.80. The summed E-state index contributed by atoms with van der Waals surface area (Å²) in [5.41, 5.74) is 0.00741. The van der Waals surface area contributed by atoms with Gasteiger partial charge in [0.25, 0.3) is 5.56 Å². The van der Waals surface area contributed by atoms with Crippen molar-refractivity contribution in [1.82, 2.24) is 9.97 Å². The summed E-state index contributed by atoms with van der Waals surface area (Å²) in [5, 5.41) is 0. The second-order valence-corrected chi connectivity index (χ2v) is 3.88. The summed E-state index contributed by atoms with van der Waals surface area (Å²) in [7, 11) is 0. The fraction of sp³-hybridized carbons (Fsp3) is 0.636. The van der Waals surface area contributed by atoms with Gasteiger partial charge in [-0.25, -0.2) is 4.79 Å². The molecule has 15 heavy (non-hydrogen) atoms. The Morgan fingerprint density at radius 3 is 2.53 bits per heavy atom. The summed E-state index contributed by atoms with van der Waals surface area (Å²) in [6.45, 7) is 4.27. The van der Waals surface area contributed by atoms with Gasteiger partial charge in [0, 0.05) is 11.8 Å². The van der Waals surface area contributed by atoms with Gasteiger partial charge in [0.1, 0.15) is 0 Å². The zero-order valence-electron chi connectivity index (χ0n) is 9.30. The molecule has 84 valence electrons. The van der Waals surface area contributed by atoms with E-state index in [0.29, 0.717) is 5.92 Å². The minimum absolute atomic E-state index is 0.319. The lowest BCUT2D eigenvalue weighted by Gasteiger charge is -2.12. The van der Waals surface area contributed by atoms with E-state index in [4.69, 9.17) is 0 Å². The van der Waals surface area contributed by atoms with Crippen LogP contribution in [-0.4, -0.2) is 9.97 Å². The van der Waals surface area contributed by atoms with E-state index < -0.39 is 5.69 Å². The Kier molecular flexibility index (Phi) is 4.34. The lowest BCUT2D eigenvalue weighted by molar-refractivity contribution is 0.456. The van der Waals surface area contributed by atoms with Gasteiger partial charge in [0.15, 0.2) is 0 Å². The van der Waals surface area contributed by atoms with Crippen LogP contribution in [0.15, 0.2) is 15.7 Å². The predicted octanol–water partition coefficient (Wildman–Crippen LogP) is 1.43. The average molecular weight is 210 g/mol. The smallest absolute Gasteiger partial charge is 0.311 e. The second-order valence-electron chi connectivity index (χ2n) is 3.88. The van der Waals surface area contributed by atoms with Crippen molar-refractivity contribution in [2.75, 3.05) is 0 Å². The molecule has 0 aliphatic heterocycles. The molecule has 1 unspecified atom stereocenters. The number of hydrogen-bond acceptors (Lipinski definition) is 2. The zero-order valence-corrected chi connectivity index (χ0v) is 9.30. The highest BCUT2D eigenvalue weighted by atomic mass is 16.2. The van der Waals surface area contributed by atoms with Gasteiger partial charge < -0.3 is 4.98 Å². The van der Waals surface area contributed by atoms with Crippen molar-refractivity contribution < 1.29 is 0 Å². The molecule has 4 nitrogen and oxygen atoms in total. The van der Waals surface area contributed by atoms with Crippen molar-refractivity contribution in [2.24, 2.45) is 5.92 Å². The van der Waals surface area contributed by atoms with Crippen LogP contribution in [0.2, 0.25) is 0 Å². The van der Waals surface area contributed by atoms with E-state index in [-0.39, 0.29) is 5.56 Å². The number of aromatic amines is 2. The lowest BCUT2D eigenvalue weighted by atomic mass is 9.95. The maximum Gasteiger partial charge on any atom is 0.325 e. The van der Waals surface area contributed by atoms with Crippen LogP contribution >= 0.6 is 0 Å². The third kappa shape index (κ3) is 3.73. The van der Waals surface area contributed by atoms with Crippen LogP contribution in [0.5, 0.6) is 0 Å². The Hall–Kier alpha value is -1.32. The van der Waals surface area contributed by atoms with Crippen LogP contribution in [-0.2, 0) is 6.42 Å². The van der Waals surface area contributed by atoms with Gasteiger partial charge in [-0.3, -0.25) is 9.78 Å². The molecule has 0 fully saturated rings. The molecule has 2 N–H and O–H groups in total. The van der Waals surface area contributed by atoms with E-state index in [1.54, 1.807) is 0 Å². The molecule has 0 spiro atoms. The largest absolute Gasteiger partial charge is 0.325 e. The minimum Gasteiger partial charge on any atom is -0.311 e. The van der Waals surface area contributed by atoms with Crippen molar-refractivity contribution in [2.45, 2.75) is 39.5 Å².